The standard InChI is InChI=1S/C9H14N2O.2ClH/c1-12-8-7-10-11-9-5-3-2-4-6-9;;/h2-6,10-11H,7-8H2,1H3;2*1H. The maximum atomic E-state index is 4.88. The average molecular weight is 239 g/mol. The molecule has 0 spiro atoms. The van der Waals surface area contributed by atoms with Gasteiger partial charge in [-0.05, 0) is 12.1 Å². The molecule has 0 aromatic heterocycles. The fourth-order valence-electron chi connectivity index (χ4n) is 0.839. The number of rotatable bonds is 5. The molecule has 1 aromatic rings. The number of para-hydroxylation sites is 1. The third-order valence-corrected chi connectivity index (χ3v) is 1.44. The summed E-state index contributed by atoms with van der Waals surface area (Å²) >= 11 is 0. The van der Waals surface area contributed by atoms with E-state index >= 15 is 0 Å². The van der Waals surface area contributed by atoms with Crippen molar-refractivity contribution < 1.29 is 4.74 Å². The minimum Gasteiger partial charge on any atom is -0.383 e. The summed E-state index contributed by atoms with van der Waals surface area (Å²) in [5, 5.41) is 0. The van der Waals surface area contributed by atoms with Crippen molar-refractivity contribution in [2.24, 2.45) is 0 Å². The Morgan fingerprint density at radius 3 is 2.36 bits per heavy atom. The van der Waals surface area contributed by atoms with Gasteiger partial charge in [0.2, 0.25) is 0 Å². The lowest BCUT2D eigenvalue weighted by molar-refractivity contribution is 0.201. The molecule has 0 saturated heterocycles. The van der Waals surface area contributed by atoms with Crippen LogP contribution in [0.4, 0.5) is 5.69 Å². The van der Waals surface area contributed by atoms with Gasteiger partial charge < -0.3 is 10.2 Å². The van der Waals surface area contributed by atoms with Gasteiger partial charge in [-0.3, -0.25) is 0 Å². The zero-order chi connectivity index (χ0) is 8.65. The van der Waals surface area contributed by atoms with E-state index in [1.807, 2.05) is 30.3 Å². The molecule has 0 aliphatic carbocycles. The molecule has 3 nitrogen and oxygen atoms in total. The number of benzene rings is 1. The zero-order valence-corrected chi connectivity index (χ0v) is 9.66. The third kappa shape index (κ3) is 6.97. The fraction of sp³-hybridized carbons (Fsp3) is 0.333. The van der Waals surface area contributed by atoms with Crippen molar-refractivity contribution in [1.82, 2.24) is 5.43 Å². The van der Waals surface area contributed by atoms with Gasteiger partial charge in [0.05, 0.1) is 6.61 Å². The predicted octanol–water partition coefficient (Wildman–Crippen LogP) is 2.09. The minimum absolute atomic E-state index is 0. The van der Waals surface area contributed by atoms with E-state index in [9.17, 15) is 0 Å². The van der Waals surface area contributed by atoms with Crippen molar-refractivity contribution in [1.29, 1.82) is 0 Å². The molecule has 1 rings (SSSR count). The van der Waals surface area contributed by atoms with Crippen molar-refractivity contribution >= 4 is 30.5 Å². The average Bonchev–Trinajstić information content (AvgIpc) is 2.14. The summed E-state index contributed by atoms with van der Waals surface area (Å²) in [7, 11) is 1.68. The second-order valence-electron chi connectivity index (χ2n) is 2.41. The monoisotopic (exact) mass is 238 g/mol. The Kier molecular flexibility index (Phi) is 12.1. The Morgan fingerprint density at radius 2 is 1.79 bits per heavy atom. The molecule has 0 aliphatic rings. The fourth-order valence-corrected chi connectivity index (χ4v) is 0.839. The quantitative estimate of drug-likeness (QED) is 0.609. The van der Waals surface area contributed by atoms with Gasteiger partial charge >= 0.3 is 0 Å². The summed E-state index contributed by atoms with van der Waals surface area (Å²) in [5.41, 5.74) is 7.14. The number of hydrazine groups is 1. The highest BCUT2D eigenvalue weighted by Gasteiger charge is 1.86. The molecule has 1 aromatic carbocycles. The van der Waals surface area contributed by atoms with Crippen molar-refractivity contribution in [2.75, 3.05) is 25.7 Å². The number of halogens is 2. The van der Waals surface area contributed by atoms with Crippen LogP contribution in [0.5, 0.6) is 0 Å². The molecular weight excluding hydrogens is 223 g/mol. The molecular formula is C9H16Cl2N2O. The van der Waals surface area contributed by atoms with Crippen LogP contribution >= 0.6 is 24.8 Å². The second kappa shape index (κ2) is 10.6. The van der Waals surface area contributed by atoms with Crippen LogP contribution in [0.3, 0.4) is 0 Å². The molecule has 2 N–H and O–H groups in total. The Labute approximate surface area is 97.0 Å². The number of hydrogen-bond donors (Lipinski definition) is 2. The Bertz CT molecular complexity index is 209. The van der Waals surface area contributed by atoms with Crippen LogP contribution in [0.15, 0.2) is 30.3 Å². The summed E-state index contributed by atoms with van der Waals surface area (Å²) < 4.78 is 4.88. The first-order valence-corrected chi connectivity index (χ1v) is 3.96. The molecule has 5 heteroatoms. The van der Waals surface area contributed by atoms with Gasteiger partial charge in [-0.2, -0.15) is 0 Å². The van der Waals surface area contributed by atoms with Gasteiger partial charge in [0.15, 0.2) is 0 Å². The van der Waals surface area contributed by atoms with Crippen LogP contribution in [-0.2, 0) is 4.74 Å². The van der Waals surface area contributed by atoms with Crippen molar-refractivity contribution in [2.45, 2.75) is 0 Å². The normalized spacial score (nSPS) is 8.36. The molecule has 0 fully saturated rings. The SMILES string of the molecule is COCCNNc1ccccc1.Cl.Cl. The predicted molar refractivity (Wildman–Crippen MR) is 64.4 cm³/mol. The van der Waals surface area contributed by atoms with E-state index < -0.39 is 0 Å². The van der Waals surface area contributed by atoms with Crippen molar-refractivity contribution in [3.63, 3.8) is 0 Å². The first-order chi connectivity index (χ1) is 5.93. The lowest BCUT2D eigenvalue weighted by atomic mass is 10.3. The van der Waals surface area contributed by atoms with E-state index in [4.69, 9.17) is 4.74 Å². The van der Waals surface area contributed by atoms with Gasteiger partial charge in [-0.25, -0.2) is 5.43 Å². The molecule has 0 radical (unpaired) electrons. The van der Waals surface area contributed by atoms with E-state index in [0.29, 0.717) is 6.61 Å². The van der Waals surface area contributed by atoms with E-state index in [1.165, 1.54) is 0 Å². The van der Waals surface area contributed by atoms with Gasteiger partial charge in [-0.15, -0.1) is 24.8 Å². The highest BCUT2D eigenvalue weighted by molar-refractivity contribution is 5.85. The first-order valence-electron chi connectivity index (χ1n) is 3.96. The third-order valence-electron chi connectivity index (χ3n) is 1.44. The van der Waals surface area contributed by atoms with Crippen LogP contribution in [0.1, 0.15) is 0 Å². The van der Waals surface area contributed by atoms with Crippen molar-refractivity contribution in [3.05, 3.63) is 30.3 Å². The zero-order valence-electron chi connectivity index (χ0n) is 8.03. The van der Waals surface area contributed by atoms with E-state index in [-0.39, 0.29) is 24.8 Å². The molecule has 14 heavy (non-hydrogen) atoms. The molecule has 0 heterocycles. The summed E-state index contributed by atoms with van der Waals surface area (Å²) in [5.74, 6) is 0. The van der Waals surface area contributed by atoms with Gasteiger partial charge in [0.1, 0.15) is 0 Å². The van der Waals surface area contributed by atoms with Crippen LogP contribution in [0.2, 0.25) is 0 Å². The minimum atomic E-state index is 0. The summed E-state index contributed by atoms with van der Waals surface area (Å²) in [6, 6.07) is 9.96. The number of ether oxygens (including phenoxy) is 1. The summed E-state index contributed by atoms with van der Waals surface area (Å²) in [4.78, 5) is 0. The van der Waals surface area contributed by atoms with Gasteiger partial charge in [0.25, 0.3) is 0 Å². The maximum absolute atomic E-state index is 4.88. The molecule has 82 valence electrons. The number of anilines is 1. The summed E-state index contributed by atoms with van der Waals surface area (Å²) in [6.45, 7) is 1.51. The van der Waals surface area contributed by atoms with E-state index in [0.717, 1.165) is 12.2 Å². The molecule has 0 amide bonds. The van der Waals surface area contributed by atoms with Gasteiger partial charge in [0, 0.05) is 19.3 Å². The molecule has 0 atom stereocenters. The molecule has 0 aliphatic heterocycles. The van der Waals surface area contributed by atoms with E-state index in [2.05, 4.69) is 10.9 Å². The van der Waals surface area contributed by atoms with Crippen LogP contribution in [0.25, 0.3) is 0 Å². The van der Waals surface area contributed by atoms with E-state index in [1.54, 1.807) is 7.11 Å². The number of methoxy groups -OCH3 is 1. The van der Waals surface area contributed by atoms with Crippen LogP contribution in [0, 0.1) is 0 Å². The number of nitrogens with one attached hydrogen (secondary N) is 2. The smallest absolute Gasteiger partial charge is 0.0605 e. The molecule has 0 unspecified atom stereocenters. The van der Waals surface area contributed by atoms with Crippen LogP contribution in [-0.4, -0.2) is 20.3 Å². The number of hydrogen-bond acceptors (Lipinski definition) is 3. The second-order valence-corrected chi connectivity index (χ2v) is 2.41. The maximum Gasteiger partial charge on any atom is 0.0605 e. The Hall–Kier alpha value is -0.480. The lowest BCUT2D eigenvalue weighted by Gasteiger charge is -2.06. The molecule has 0 bridgehead atoms. The molecule has 0 saturated carbocycles. The highest BCUT2D eigenvalue weighted by atomic mass is 35.5. The Balaban J connectivity index is 0. The largest absolute Gasteiger partial charge is 0.383 e. The summed E-state index contributed by atoms with van der Waals surface area (Å²) in [6.07, 6.45) is 0. The Morgan fingerprint density at radius 1 is 1.14 bits per heavy atom. The van der Waals surface area contributed by atoms with Crippen LogP contribution < -0.4 is 10.9 Å². The topological polar surface area (TPSA) is 33.3 Å². The van der Waals surface area contributed by atoms with Gasteiger partial charge in [-0.1, -0.05) is 18.2 Å². The van der Waals surface area contributed by atoms with Crippen molar-refractivity contribution in [3.8, 4) is 0 Å². The lowest BCUT2D eigenvalue weighted by Crippen LogP contribution is -2.25. The first kappa shape index (κ1) is 16.0. The highest BCUT2D eigenvalue weighted by Crippen LogP contribution is 2.01.